The zero-order valence-corrected chi connectivity index (χ0v) is 11.0. The Morgan fingerprint density at radius 3 is 2.95 bits per heavy atom. The van der Waals surface area contributed by atoms with Gasteiger partial charge >= 0.3 is 0 Å². The van der Waals surface area contributed by atoms with Gasteiger partial charge < -0.3 is 5.32 Å². The first-order valence-electron chi connectivity index (χ1n) is 6.16. The third-order valence-corrected chi connectivity index (χ3v) is 3.25. The third-order valence-electron chi connectivity index (χ3n) is 3.25. The van der Waals surface area contributed by atoms with Crippen molar-refractivity contribution in [1.82, 2.24) is 19.7 Å². The topological polar surface area (TPSA) is 55.6 Å². The number of anilines is 1. The SMILES string of the molecule is Cc1c2cc(CNc3ccncn3)ccc2nn1C. The highest BCUT2D eigenvalue weighted by atomic mass is 15.3. The Morgan fingerprint density at radius 1 is 1.26 bits per heavy atom. The van der Waals surface area contributed by atoms with Crippen molar-refractivity contribution < 1.29 is 0 Å². The molecule has 5 nitrogen and oxygen atoms in total. The fourth-order valence-electron chi connectivity index (χ4n) is 2.07. The van der Waals surface area contributed by atoms with Gasteiger partial charge in [0.05, 0.1) is 5.52 Å². The van der Waals surface area contributed by atoms with E-state index in [9.17, 15) is 0 Å². The molecule has 0 bridgehead atoms. The minimum absolute atomic E-state index is 0.737. The zero-order chi connectivity index (χ0) is 13.2. The Balaban J connectivity index is 1.83. The van der Waals surface area contributed by atoms with Crippen LogP contribution in [0.3, 0.4) is 0 Å². The van der Waals surface area contributed by atoms with Crippen molar-refractivity contribution in [3.05, 3.63) is 48.0 Å². The van der Waals surface area contributed by atoms with Crippen LogP contribution in [0.1, 0.15) is 11.3 Å². The summed E-state index contributed by atoms with van der Waals surface area (Å²) in [5.41, 5.74) is 3.42. The second-order valence-corrected chi connectivity index (χ2v) is 4.51. The summed E-state index contributed by atoms with van der Waals surface area (Å²) in [5, 5.41) is 8.92. The van der Waals surface area contributed by atoms with Gasteiger partial charge in [-0.1, -0.05) is 6.07 Å². The summed E-state index contributed by atoms with van der Waals surface area (Å²) in [5.74, 6) is 0.831. The predicted molar refractivity (Wildman–Crippen MR) is 74.8 cm³/mol. The summed E-state index contributed by atoms with van der Waals surface area (Å²) < 4.78 is 1.91. The highest BCUT2D eigenvalue weighted by Gasteiger charge is 2.05. The maximum atomic E-state index is 4.45. The second kappa shape index (κ2) is 4.68. The van der Waals surface area contributed by atoms with Crippen LogP contribution in [0.4, 0.5) is 5.82 Å². The van der Waals surface area contributed by atoms with Crippen molar-refractivity contribution in [1.29, 1.82) is 0 Å². The Labute approximate surface area is 111 Å². The Bertz CT molecular complexity index is 702. The molecule has 0 radical (unpaired) electrons. The van der Waals surface area contributed by atoms with Crippen molar-refractivity contribution in [3.8, 4) is 0 Å². The molecule has 3 rings (SSSR count). The highest BCUT2D eigenvalue weighted by molar-refractivity contribution is 5.82. The van der Waals surface area contributed by atoms with E-state index in [0.717, 1.165) is 17.9 Å². The van der Waals surface area contributed by atoms with E-state index < -0.39 is 0 Å². The van der Waals surface area contributed by atoms with Crippen LogP contribution in [0.25, 0.3) is 10.9 Å². The molecule has 0 saturated carbocycles. The lowest BCUT2D eigenvalue weighted by Crippen LogP contribution is -2.01. The summed E-state index contributed by atoms with van der Waals surface area (Å²) in [4.78, 5) is 8.03. The molecule has 1 aromatic carbocycles. The number of hydrogen-bond donors (Lipinski definition) is 1. The normalized spacial score (nSPS) is 10.8. The van der Waals surface area contributed by atoms with Crippen molar-refractivity contribution in [2.45, 2.75) is 13.5 Å². The Hall–Kier alpha value is -2.43. The number of rotatable bonds is 3. The summed E-state index contributed by atoms with van der Waals surface area (Å²) in [7, 11) is 1.97. The first-order valence-corrected chi connectivity index (χ1v) is 6.16. The van der Waals surface area contributed by atoms with Crippen LogP contribution in [0.5, 0.6) is 0 Å². The molecular weight excluding hydrogens is 238 g/mol. The van der Waals surface area contributed by atoms with Crippen LogP contribution in [-0.4, -0.2) is 19.7 Å². The van der Waals surface area contributed by atoms with Crippen LogP contribution in [0.15, 0.2) is 36.8 Å². The maximum absolute atomic E-state index is 4.45. The molecule has 2 heterocycles. The largest absolute Gasteiger partial charge is 0.366 e. The van der Waals surface area contributed by atoms with Crippen molar-refractivity contribution in [3.63, 3.8) is 0 Å². The lowest BCUT2D eigenvalue weighted by molar-refractivity contribution is 0.751. The zero-order valence-electron chi connectivity index (χ0n) is 11.0. The lowest BCUT2D eigenvalue weighted by atomic mass is 10.1. The molecule has 0 aliphatic rings. The fourth-order valence-corrected chi connectivity index (χ4v) is 2.07. The van der Waals surface area contributed by atoms with E-state index in [1.54, 1.807) is 6.20 Å². The quantitative estimate of drug-likeness (QED) is 0.778. The minimum atomic E-state index is 0.737. The van der Waals surface area contributed by atoms with Gasteiger partial charge in [0.15, 0.2) is 0 Å². The molecule has 5 heteroatoms. The van der Waals surface area contributed by atoms with Gasteiger partial charge in [0, 0.05) is 30.9 Å². The van der Waals surface area contributed by atoms with Crippen molar-refractivity contribution >= 4 is 16.7 Å². The van der Waals surface area contributed by atoms with Gasteiger partial charge in [-0.2, -0.15) is 5.10 Å². The summed E-state index contributed by atoms with van der Waals surface area (Å²) in [6, 6.07) is 8.17. The van der Waals surface area contributed by atoms with Gasteiger partial charge in [-0.25, -0.2) is 9.97 Å². The summed E-state index contributed by atoms with van der Waals surface area (Å²) >= 11 is 0. The molecule has 0 aliphatic heterocycles. The maximum Gasteiger partial charge on any atom is 0.129 e. The van der Waals surface area contributed by atoms with Gasteiger partial charge in [-0.05, 0) is 30.7 Å². The predicted octanol–water partition coefficient (Wildman–Crippen LogP) is 2.28. The fraction of sp³-hybridized carbons (Fsp3) is 0.214. The summed E-state index contributed by atoms with van der Waals surface area (Å²) in [6.45, 7) is 2.82. The number of hydrogen-bond acceptors (Lipinski definition) is 4. The number of nitrogens with zero attached hydrogens (tertiary/aromatic N) is 4. The van der Waals surface area contributed by atoms with E-state index >= 15 is 0 Å². The molecule has 3 aromatic rings. The van der Waals surface area contributed by atoms with E-state index in [4.69, 9.17) is 0 Å². The summed E-state index contributed by atoms with van der Waals surface area (Å²) in [6.07, 6.45) is 3.26. The second-order valence-electron chi connectivity index (χ2n) is 4.51. The first-order chi connectivity index (χ1) is 9.24. The molecule has 0 saturated heterocycles. The minimum Gasteiger partial charge on any atom is -0.366 e. The standard InChI is InChI=1S/C14H15N5/c1-10-12-7-11(3-4-13(12)18-19(10)2)8-16-14-5-6-15-9-17-14/h3-7,9H,8H2,1-2H3,(H,15,16,17). The van der Waals surface area contributed by atoms with Crippen LogP contribution < -0.4 is 5.32 Å². The van der Waals surface area contributed by atoms with Crippen LogP contribution in [0, 0.1) is 6.92 Å². The number of nitrogens with one attached hydrogen (secondary N) is 1. The van der Waals surface area contributed by atoms with Gasteiger partial charge in [0.25, 0.3) is 0 Å². The molecule has 1 N–H and O–H groups in total. The monoisotopic (exact) mass is 253 g/mol. The van der Waals surface area contributed by atoms with E-state index in [-0.39, 0.29) is 0 Å². The van der Waals surface area contributed by atoms with Gasteiger partial charge in [0.1, 0.15) is 12.1 Å². The van der Waals surface area contributed by atoms with E-state index in [1.807, 2.05) is 17.8 Å². The van der Waals surface area contributed by atoms with Crippen LogP contribution in [0.2, 0.25) is 0 Å². The lowest BCUT2D eigenvalue weighted by Gasteiger charge is -2.05. The molecule has 0 fully saturated rings. The molecule has 0 aliphatic carbocycles. The Morgan fingerprint density at radius 2 is 2.16 bits per heavy atom. The van der Waals surface area contributed by atoms with E-state index in [0.29, 0.717) is 0 Å². The number of aromatic nitrogens is 4. The Kier molecular flexibility index (Phi) is 2.87. The third kappa shape index (κ3) is 2.27. The molecule has 0 atom stereocenters. The molecule has 19 heavy (non-hydrogen) atoms. The molecular formula is C14H15N5. The first kappa shape index (κ1) is 11.6. The molecule has 0 amide bonds. The molecule has 96 valence electrons. The smallest absolute Gasteiger partial charge is 0.129 e. The van der Waals surface area contributed by atoms with Crippen molar-refractivity contribution in [2.24, 2.45) is 7.05 Å². The van der Waals surface area contributed by atoms with Crippen LogP contribution >= 0.6 is 0 Å². The van der Waals surface area contributed by atoms with E-state index in [1.165, 1.54) is 23.0 Å². The number of aryl methyl sites for hydroxylation is 2. The van der Waals surface area contributed by atoms with Gasteiger partial charge in [-0.3, -0.25) is 4.68 Å². The van der Waals surface area contributed by atoms with E-state index in [2.05, 4.69) is 45.5 Å². The average Bonchev–Trinajstić information content (AvgIpc) is 2.73. The molecule has 0 unspecified atom stereocenters. The molecule has 0 spiro atoms. The van der Waals surface area contributed by atoms with Gasteiger partial charge in [0.2, 0.25) is 0 Å². The van der Waals surface area contributed by atoms with Crippen LogP contribution in [-0.2, 0) is 13.6 Å². The number of benzene rings is 1. The average molecular weight is 253 g/mol. The van der Waals surface area contributed by atoms with Crippen molar-refractivity contribution in [2.75, 3.05) is 5.32 Å². The molecule has 2 aromatic heterocycles. The number of fused-ring (bicyclic) bond motifs is 1. The van der Waals surface area contributed by atoms with Gasteiger partial charge in [-0.15, -0.1) is 0 Å². The highest BCUT2D eigenvalue weighted by Crippen LogP contribution is 2.19.